The molecule has 6 heteroatoms. The van der Waals surface area contributed by atoms with Crippen molar-refractivity contribution >= 4 is 29.3 Å². The molecule has 1 unspecified atom stereocenters. The summed E-state index contributed by atoms with van der Waals surface area (Å²) in [5, 5.41) is 2.98. The van der Waals surface area contributed by atoms with Crippen LogP contribution in [-0.4, -0.2) is 54.7 Å². The third-order valence-electron chi connectivity index (χ3n) is 5.73. The first-order valence-corrected chi connectivity index (χ1v) is 11.7. The summed E-state index contributed by atoms with van der Waals surface area (Å²) in [4.78, 5) is 30.2. The van der Waals surface area contributed by atoms with Crippen LogP contribution in [0.2, 0.25) is 0 Å². The van der Waals surface area contributed by atoms with E-state index in [2.05, 4.69) is 23.2 Å². The number of nitrogens with zero attached hydrogens (tertiary/aromatic N) is 2. The second-order valence-electron chi connectivity index (χ2n) is 7.80. The van der Waals surface area contributed by atoms with Crippen LogP contribution in [0.15, 0.2) is 29.2 Å². The smallest absolute Gasteiger partial charge is 0.227 e. The largest absolute Gasteiger partial charge is 0.356 e. The maximum atomic E-state index is 12.6. The Balaban J connectivity index is 1.31. The van der Waals surface area contributed by atoms with Gasteiger partial charge in [0.2, 0.25) is 11.8 Å². The van der Waals surface area contributed by atoms with Gasteiger partial charge in [0.1, 0.15) is 0 Å². The molecule has 5 nitrogen and oxygen atoms in total. The molecular weight excluding hydrogens is 370 g/mol. The Morgan fingerprint density at radius 1 is 1.14 bits per heavy atom. The molecule has 0 aromatic heterocycles. The van der Waals surface area contributed by atoms with Crippen LogP contribution in [0.1, 0.15) is 51.9 Å². The third kappa shape index (κ3) is 5.98. The molecule has 0 spiro atoms. The van der Waals surface area contributed by atoms with Crippen LogP contribution in [0, 0.1) is 0 Å². The first-order chi connectivity index (χ1) is 13.6. The van der Waals surface area contributed by atoms with E-state index in [1.165, 1.54) is 25.8 Å². The van der Waals surface area contributed by atoms with Gasteiger partial charge in [-0.15, -0.1) is 11.8 Å². The second kappa shape index (κ2) is 10.9. The molecule has 28 heavy (non-hydrogen) atoms. The van der Waals surface area contributed by atoms with E-state index in [4.69, 9.17) is 0 Å². The molecule has 0 aliphatic carbocycles. The summed E-state index contributed by atoms with van der Waals surface area (Å²) in [5.41, 5.74) is 0.982. The predicted molar refractivity (Wildman–Crippen MR) is 116 cm³/mol. The molecule has 1 N–H and O–H groups in total. The fraction of sp³-hybridized carbons (Fsp3) is 0.636. The summed E-state index contributed by atoms with van der Waals surface area (Å²) >= 11 is 1.78. The van der Waals surface area contributed by atoms with Crippen LogP contribution in [-0.2, 0) is 9.59 Å². The highest BCUT2D eigenvalue weighted by atomic mass is 32.2. The van der Waals surface area contributed by atoms with Gasteiger partial charge in [-0.05, 0) is 57.8 Å². The molecule has 3 rings (SSSR count). The van der Waals surface area contributed by atoms with E-state index in [0.717, 1.165) is 42.3 Å². The highest BCUT2D eigenvalue weighted by molar-refractivity contribution is 7.99. The maximum absolute atomic E-state index is 12.6. The minimum atomic E-state index is -0.0145. The number of thioether (sulfide) groups is 1. The molecule has 1 saturated heterocycles. The van der Waals surface area contributed by atoms with Gasteiger partial charge in [0.05, 0.1) is 5.69 Å². The average Bonchev–Trinajstić information content (AvgIpc) is 2.72. The van der Waals surface area contributed by atoms with E-state index in [1.807, 2.05) is 23.1 Å². The number of nitrogens with one attached hydrogen (secondary N) is 1. The Kier molecular flexibility index (Phi) is 8.22. The molecule has 154 valence electrons. The standard InChI is InChI=1S/C22H33N3O2S/c1-18-8-4-6-14-24(18)15-7-5-13-23-21(26)11-12-22(27)25-16-17-28-20-10-3-2-9-19(20)25/h2-3,9-10,18H,4-8,11-17H2,1H3,(H,23,26). The van der Waals surface area contributed by atoms with Gasteiger partial charge < -0.3 is 15.1 Å². The van der Waals surface area contributed by atoms with Crippen molar-refractivity contribution in [3.05, 3.63) is 24.3 Å². The first-order valence-electron chi connectivity index (χ1n) is 10.7. The van der Waals surface area contributed by atoms with Gasteiger partial charge >= 0.3 is 0 Å². The van der Waals surface area contributed by atoms with Gasteiger partial charge in [-0.25, -0.2) is 0 Å². The highest BCUT2D eigenvalue weighted by Gasteiger charge is 2.23. The van der Waals surface area contributed by atoms with Crippen LogP contribution in [0.25, 0.3) is 0 Å². The van der Waals surface area contributed by atoms with Crippen LogP contribution in [0.4, 0.5) is 5.69 Å². The summed E-state index contributed by atoms with van der Waals surface area (Å²) in [5.74, 6) is 0.936. The van der Waals surface area contributed by atoms with E-state index in [-0.39, 0.29) is 24.7 Å². The van der Waals surface area contributed by atoms with Crippen LogP contribution < -0.4 is 10.2 Å². The lowest BCUT2D eigenvalue weighted by atomic mass is 10.0. The van der Waals surface area contributed by atoms with Crippen molar-refractivity contribution in [1.82, 2.24) is 10.2 Å². The van der Waals surface area contributed by atoms with Gasteiger partial charge in [-0.1, -0.05) is 18.6 Å². The van der Waals surface area contributed by atoms with Gasteiger partial charge in [0, 0.05) is 42.6 Å². The SMILES string of the molecule is CC1CCCCN1CCCCNC(=O)CCC(=O)N1CCSc2ccccc21. The van der Waals surface area contributed by atoms with E-state index < -0.39 is 0 Å². The molecule has 0 saturated carbocycles. The van der Waals surface area contributed by atoms with Crippen LogP contribution in [0.5, 0.6) is 0 Å². The number of hydrogen-bond acceptors (Lipinski definition) is 4. The van der Waals surface area contributed by atoms with E-state index in [9.17, 15) is 9.59 Å². The lowest BCUT2D eigenvalue weighted by Crippen LogP contribution is -2.38. The molecule has 2 aliphatic rings. The molecule has 1 aromatic rings. The topological polar surface area (TPSA) is 52.7 Å². The molecule has 2 amide bonds. The average molecular weight is 404 g/mol. The number of likely N-dealkylation sites (tertiary alicyclic amines) is 1. The van der Waals surface area contributed by atoms with E-state index in [1.54, 1.807) is 11.8 Å². The number of anilines is 1. The fourth-order valence-corrected chi connectivity index (χ4v) is 5.02. The van der Waals surface area contributed by atoms with Crippen LogP contribution >= 0.6 is 11.8 Å². The number of para-hydroxylation sites is 1. The molecule has 1 atom stereocenters. The quantitative estimate of drug-likeness (QED) is 0.673. The lowest BCUT2D eigenvalue weighted by Gasteiger charge is -2.33. The summed E-state index contributed by atoms with van der Waals surface area (Å²) < 4.78 is 0. The van der Waals surface area contributed by atoms with Crippen molar-refractivity contribution in [2.24, 2.45) is 0 Å². The monoisotopic (exact) mass is 403 g/mol. The number of rotatable bonds is 8. The zero-order valence-electron chi connectivity index (χ0n) is 17.0. The van der Waals surface area contributed by atoms with E-state index >= 15 is 0 Å². The minimum absolute atomic E-state index is 0.0145. The second-order valence-corrected chi connectivity index (χ2v) is 8.94. The zero-order chi connectivity index (χ0) is 19.8. The zero-order valence-corrected chi connectivity index (χ0v) is 17.8. The fourth-order valence-electron chi connectivity index (χ4n) is 4.03. The van der Waals surface area contributed by atoms with Gasteiger partial charge in [0.25, 0.3) is 0 Å². The van der Waals surface area contributed by atoms with Gasteiger partial charge in [-0.3, -0.25) is 9.59 Å². The Bertz CT molecular complexity index is 667. The van der Waals surface area contributed by atoms with Crippen molar-refractivity contribution < 1.29 is 9.59 Å². The summed E-state index contributed by atoms with van der Waals surface area (Å²) in [6.07, 6.45) is 6.64. The number of benzene rings is 1. The van der Waals surface area contributed by atoms with Gasteiger partial charge in [-0.2, -0.15) is 0 Å². The molecule has 2 aliphatic heterocycles. The minimum Gasteiger partial charge on any atom is -0.356 e. The number of carbonyl (C=O) groups is 2. The third-order valence-corrected chi connectivity index (χ3v) is 6.77. The summed E-state index contributed by atoms with van der Waals surface area (Å²) in [6, 6.07) is 8.70. The first kappa shape index (κ1) is 21.2. The predicted octanol–water partition coefficient (Wildman–Crippen LogP) is 3.68. The molecule has 0 bridgehead atoms. The number of unbranched alkanes of at least 4 members (excludes halogenated alkanes) is 1. The molecule has 1 aromatic carbocycles. The number of fused-ring (bicyclic) bond motifs is 1. The molecule has 2 heterocycles. The number of hydrogen-bond donors (Lipinski definition) is 1. The van der Waals surface area contributed by atoms with Crippen molar-refractivity contribution in [2.75, 3.05) is 36.8 Å². The number of carbonyl (C=O) groups excluding carboxylic acids is 2. The number of amides is 2. The Morgan fingerprint density at radius 3 is 2.86 bits per heavy atom. The van der Waals surface area contributed by atoms with Gasteiger partial charge in [0.15, 0.2) is 0 Å². The van der Waals surface area contributed by atoms with E-state index in [0.29, 0.717) is 12.6 Å². The normalized spacial score (nSPS) is 19.9. The number of piperidine rings is 1. The Hall–Kier alpha value is -1.53. The lowest BCUT2D eigenvalue weighted by molar-refractivity contribution is -0.125. The van der Waals surface area contributed by atoms with Crippen LogP contribution in [0.3, 0.4) is 0 Å². The summed E-state index contributed by atoms with van der Waals surface area (Å²) in [6.45, 7) is 6.09. The summed E-state index contributed by atoms with van der Waals surface area (Å²) in [7, 11) is 0. The molecular formula is C22H33N3O2S. The van der Waals surface area contributed by atoms with Crippen molar-refractivity contribution in [3.8, 4) is 0 Å². The maximum Gasteiger partial charge on any atom is 0.227 e. The molecule has 1 fully saturated rings. The van der Waals surface area contributed by atoms with Crippen molar-refractivity contribution in [2.45, 2.75) is 62.8 Å². The Labute approximate surface area is 173 Å². The van der Waals surface area contributed by atoms with Crippen molar-refractivity contribution in [3.63, 3.8) is 0 Å². The molecule has 0 radical (unpaired) electrons. The van der Waals surface area contributed by atoms with Crippen molar-refractivity contribution in [1.29, 1.82) is 0 Å². The Morgan fingerprint density at radius 2 is 2.00 bits per heavy atom. The highest BCUT2D eigenvalue weighted by Crippen LogP contribution is 2.34.